The van der Waals surface area contributed by atoms with Crippen molar-refractivity contribution in [2.75, 3.05) is 13.1 Å². The Morgan fingerprint density at radius 1 is 1.45 bits per heavy atom. The van der Waals surface area contributed by atoms with Crippen molar-refractivity contribution in [2.45, 2.75) is 18.8 Å². The van der Waals surface area contributed by atoms with Crippen molar-refractivity contribution in [1.29, 1.82) is 0 Å². The molecule has 0 saturated carbocycles. The number of nitrogens with zero attached hydrogens (tertiary/aromatic N) is 1. The van der Waals surface area contributed by atoms with Crippen LogP contribution in [0.25, 0.3) is 0 Å². The summed E-state index contributed by atoms with van der Waals surface area (Å²) in [6.07, 6.45) is 4.07. The minimum absolute atomic E-state index is 0.596. The van der Waals surface area contributed by atoms with Gasteiger partial charge in [-0.1, -0.05) is 5.16 Å². The summed E-state index contributed by atoms with van der Waals surface area (Å²) in [5, 5.41) is 7.02. The molecule has 1 aromatic rings. The van der Waals surface area contributed by atoms with E-state index < -0.39 is 0 Å². The lowest BCUT2D eigenvalue weighted by Gasteiger charge is -2.19. The van der Waals surface area contributed by atoms with Crippen molar-refractivity contribution in [3.63, 3.8) is 0 Å². The van der Waals surface area contributed by atoms with Gasteiger partial charge < -0.3 is 9.84 Å². The van der Waals surface area contributed by atoms with Gasteiger partial charge in [-0.25, -0.2) is 0 Å². The molecule has 1 fully saturated rings. The standard InChI is InChI=1S/C8H12N2O/c1-4-9-5-2-7(1)8-3-6-10-11-8/h3,6-7,9H,1-2,4-5H2. The molecule has 0 aliphatic carbocycles. The second-order valence-corrected chi connectivity index (χ2v) is 2.94. The molecule has 0 spiro atoms. The highest BCUT2D eigenvalue weighted by Crippen LogP contribution is 2.23. The maximum Gasteiger partial charge on any atom is 0.139 e. The summed E-state index contributed by atoms with van der Waals surface area (Å²) in [6.45, 7) is 2.21. The van der Waals surface area contributed by atoms with Crippen LogP contribution in [-0.4, -0.2) is 18.2 Å². The summed E-state index contributed by atoms with van der Waals surface area (Å²) in [4.78, 5) is 0. The lowest BCUT2D eigenvalue weighted by Crippen LogP contribution is -2.26. The SMILES string of the molecule is c1cc(C2CCNCC2)on1. The number of hydrogen-bond donors (Lipinski definition) is 1. The summed E-state index contributed by atoms with van der Waals surface area (Å²) in [7, 11) is 0. The Hall–Kier alpha value is -0.830. The number of aromatic nitrogens is 1. The van der Waals surface area contributed by atoms with E-state index in [0.29, 0.717) is 5.92 Å². The van der Waals surface area contributed by atoms with E-state index in [-0.39, 0.29) is 0 Å². The van der Waals surface area contributed by atoms with Gasteiger partial charge in [0, 0.05) is 12.0 Å². The molecule has 11 heavy (non-hydrogen) atoms. The number of rotatable bonds is 1. The van der Waals surface area contributed by atoms with Crippen molar-refractivity contribution in [3.05, 3.63) is 18.0 Å². The van der Waals surface area contributed by atoms with Gasteiger partial charge >= 0.3 is 0 Å². The van der Waals surface area contributed by atoms with E-state index in [1.807, 2.05) is 6.07 Å². The Labute approximate surface area is 65.8 Å². The van der Waals surface area contributed by atoms with E-state index in [1.54, 1.807) is 6.20 Å². The molecule has 1 saturated heterocycles. The van der Waals surface area contributed by atoms with Crippen molar-refractivity contribution >= 4 is 0 Å². The molecule has 2 rings (SSSR count). The number of nitrogens with one attached hydrogen (secondary N) is 1. The van der Waals surface area contributed by atoms with E-state index in [0.717, 1.165) is 18.8 Å². The zero-order chi connectivity index (χ0) is 7.52. The monoisotopic (exact) mass is 152 g/mol. The van der Waals surface area contributed by atoms with Crippen LogP contribution in [0, 0.1) is 0 Å². The van der Waals surface area contributed by atoms with Gasteiger partial charge in [0.25, 0.3) is 0 Å². The van der Waals surface area contributed by atoms with Crippen molar-refractivity contribution < 1.29 is 4.52 Å². The molecule has 0 radical (unpaired) electrons. The normalized spacial score (nSPS) is 20.4. The first-order chi connectivity index (χ1) is 5.47. The number of hydrogen-bond acceptors (Lipinski definition) is 3. The fourth-order valence-corrected chi connectivity index (χ4v) is 1.54. The lowest BCUT2D eigenvalue weighted by molar-refractivity contribution is 0.327. The third-order valence-corrected chi connectivity index (χ3v) is 2.20. The van der Waals surface area contributed by atoms with Crippen LogP contribution in [0.4, 0.5) is 0 Å². The molecule has 0 bridgehead atoms. The Morgan fingerprint density at radius 2 is 2.27 bits per heavy atom. The van der Waals surface area contributed by atoms with Crippen LogP contribution in [0.3, 0.4) is 0 Å². The van der Waals surface area contributed by atoms with Crippen LogP contribution in [0.15, 0.2) is 16.8 Å². The van der Waals surface area contributed by atoms with Gasteiger partial charge in [-0.05, 0) is 25.9 Å². The Balaban J connectivity index is 2.04. The first-order valence-electron chi connectivity index (χ1n) is 4.08. The minimum atomic E-state index is 0.596. The Bertz CT molecular complexity index is 202. The molecule has 3 nitrogen and oxygen atoms in total. The smallest absolute Gasteiger partial charge is 0.139 e. The fraction of sp³-hybridized carbons (Fsp3) is 0.625. The second-order valence-electron chi connectivity index (χ2n) is 2.94. The molecule has 3 heteroatoms. The van der Waals surface area contributed by atoms with E-state index in [1.165, 1.54) is 12.8 Å². The van der Waals surface area contributed by atoms with Gasteiger partial charge in [0.2, 0.25) is 0 Å². The van der Waals surface area contributed by atoms with Crippen LogP contribution in [0.5, 0.6) is 0 Å². The molecule has 1 aliphatic rings. The van der Waals surface area contributed by atoms with Gasteiger partial charge in [-0.3, -0.25) is 0 Å². The maximum atomic E-state index is 5.10. The lowest BCUT2D eigenvalue weighted by atomic mass is 9.96. The zero-order valence-electron chi connectivity index (χ0n) is 6.42. The van der Waals surface area contributed by atoms with E-state index >= 15 is 0 Å². The molecular weight excluding hydrogens is 140 g/mol. The molecule has 0 amide bonds. The Morgan fingerprint density at radius 3 is 2.91 bits per heavy atom. The largest absolute Gasteiger partial charge is 0.361 e. The summed E-state index contributed by atoms with van der Waals surface area (Å²) in [6, 6.07) is 1.97. The van der Waals surface area contributed by atoms with Crippen molar-refractivity contribution in [3.8, 4) is 0 Å². The van der Waals surface area contributed by atoms with Crippen LogP contribution in [0.2, 0.25) is 0 Å². The van der Waals surface area contributed by atoms with Crippen LogP contribution >= 0.6 is 0 Å². The molecule has 1 N–H and O–H groups in total. The molecule has 1 aromatic heterocycles. The molecular formula is C8H12N2O. The van der Waals surface area contributed by atoms with Gasteiger partial charge in [-0.2, -0.15) is 0 Å². The molecule has 60 valence electrons. The zero-order valence-corrected chi connectivity index (χ0v) is 6.42. The third kappa shape index (κ3) is 1.43. The highest BCUT2D eigenvalue weighted by molar-refractivity contribution is 5.02. The van der Waals surface area contributed by atoms with Crippen molar-refractivity contribution in [2.24, 2.45) is 0 Å². The van der Waals surface area contributed by atoms with Gasteiger partial charge in [0.15, 0.2) is 0 Å². The van der Waals surface area contributed by atoms with Gasteiger partial charge in [0.1, 0.15) is 5.76 Å². The number of piperidine rings is 1. The van der Waals surface area contributed by atoms with Gasteiger partial charge in [0.05, 0.1) is 6.20 Å². The average molecular weight is 152 g/mol. The fourth-order valence-electron chi connectivity index (χ4n) is 1.54. The van der Waals surface area contributed by atoms with Crippen molar-refractivity contribution in [1.82, 2.24) is 10.5 Å². The van der Waals surface area contributed by atoms with Crippen LogP contribution in [-0.2, 0) is 0 Å². The summed E-state index contributed by atoms with van der Waals surface area (Å²) in [5.74, 6) is 1.64. The van der Waals surface area contributed by atoms with E-state index in [9.17, 15) is 0 Å². The first kappa shape index (κ1) is 6.85. The topological polar surface area (TPSA) is 38.1 Å². The molecule has 0 atom stereocenters. The van der Waals surface area contributed by atoms with Crippen LogP contribution < -0.4 is 5.32 Å². The first-order valence-corrected chi connectivity index (χ1v) is 4.08. The average Bonchev–Trinajstić information content (AvgIpc) is 2.58. The Kier molecular flexibility index (Phi) is 1.90. The third-order valence-electron chi connectivity index (χ3n) is 2.20. The molecule has 0 aromatic carbocycles. The van der Waals surface area contributed by atoms with Crippen LogP contribution in [0.1, 0.15) is 24.5 Å². The maximum absolute atomic E-state index is 5.10. The molecule has 1 aliphatic heterocycles. The predicted octanol–water partition coefficient (Wildman–Crippen LogP) is 1.14. The minimum Gasteiger partial charge on any atom is -0.361 e. The highest BCUT2D eigenvalue weighted by Gasteiger charge is 2.17. The van der Waals surface area contributed by atoms with E-state index in [2.05, 4.69) is 10.5 Å². The molecule has 0 unspecified atom stereocenters. The summed E-state index contributed by atoms with van der Waals surface area (Å²) < 4.78 is 5.10. The quantitative estimate of drug-likeness (QED) is 0.655. The summed E-state index contributed by atoms with van der Waals surface area (Å²) >= 11 is 0. The van der Waals surface area contributed by atoms with E-state index in [4.69, 9.17) is 4.52 Å². The predicted molar refractivity (Wildman–Crippen MR) is 41.3 cm³/mol. The second kappa shape index (κ2) is 3.05. The van der Waals surface area contributed by atoms with Gasteiger partial charge in [-0.15, -0.1) is 0 Å². The highest BCUT2D eigenvalue weighted by atomic mass is 16.5. The summed E-state index contributed by atoms with van der Waals surface area (Å²) in [5.41, 5.74) is 0. The molecule has 2 heterocycles.